The molecule has 1 N–H and O–H groups in total. The van der Waals surface area contributed by atoms with Gasteiger partial charge in [-0.1, -0.05) is 36.4 Å². The molecule has 1 saturated heterocycles. The zero-order valence-corrected chi connectivity index (χ0v) is 22.3. The molecule has 2 aliphatic heterocycles. The molecule has 4 heterocycles. The standard InChI is InChI=1S/C30H28FN5O2S/c1-35-12-9-20(10-13-35)19-5-7-21(8-6-19)26-16-25-23(17-33-26)18-36(29(25)38)27(22-3-2-4-24(31)15-22)28(37)34-30-32-11-14-39-30/h2-8,11,14-17,20,27H,9-10,12-13,18H2,1H3,(H,32,34,37). The zero-order valence-electron chi connectivity index (χ0n) is 21.5. The van der Waals surface area contributed by atoms with Crippen LogP contribution < -0.4 is 5.32 Å². The monoisotopic (exact) mass is 541 g/mol. The number of amides is 2. The Morgan fingerprint density at radius 2 is 1.90 bits per heavy atom. The maximum atomic E-state index is 14.2. The first-order valence-corrected chi connectivity index (χ1v) is 13.9. The third kappa shape index (κ3) is 5.20. The lowest BCUT2D eigenvalue weighted by Crippen LogP contribution is -2.37. The topological polar surface area (TPSA) is 78.4 Å². The van der Waals surface area contributed by atoms with Crippen LogP contribution in [0.3, 0.4) is 0 Å². The van der Waals surface area contributed by atoms with Crippen LogP contribution in [0.4, 0.5) is 9.52 Å². The molecule has 6 rings (SSSR count). The van der Waals surface area contributed by atoms with Crippen LogP contribution in [0.15, 0.2) is 72.4 Å². The highest BCUT2D eigenvalue weighted by Gasteiger charge is 2.38. The van der Waals surface area contributed by atoms with Crippen molar-refractivity contribution in [2.45, 2.75) is 31.3 Å². The number of carbonyl (C=O) groups excluding carboxylic acids is 2. The van der Waals surface area contributed by atoms with Crippen molar-refractivity contribution in [3.8, 4) is 11.3 Å². The molecule has 2 amide bonds. The Kier molecular flexibility index (Phi) is 6.93. The summed E-state index contributed by atoms with van der Waals surface area (Å²) in [5.41, 5.74) is 4.60. The van der Waals surface area contributed by atoms with E-state index in [0.717, 1.165) is 37.1 Å². The van der Waals surface area contributed by atoms with E-state index in [1.165, 1.54) is 40.0 Å². The molecule has 0 saturated carbocycles. The molecule has 1 atom stereocenters. The van der Waals surface area contributed by atoms with Gasteiger partial charge in [0, 0.05) is 41.0 Å². The number of fused-ring (bicyclic) bond motifs is 1. The van der Waals surface area contributed by atoms with E-state index in [9.17, 15) is 14.0 Å². The summed E-state index contributed by atoms with van der Waals surface area (Å²) in [5, 5.41) is 4.93. The summed E-state index contributed by atoms with van der Waals surface area (Å²) in [5.74, 6) is -0.653. The number of carbonyl (C=O) groups is 2. The van der Waals surface area contributed by atoms with Gasteiger partial charge in [-0.25, -0.2) is 9.37 Å². The van der Waals surface area contributed by atoms with Crippen molar-refractivity contribution in [3.63, 3.8) is 0 Å². The predicted molar refractivity (Wildman–Crippen MR) is 149 cm³/mol. The van der Waals surface area contributed by atoms with E-state index in [-0.39, 0.29) is 12.5 Å². The van der Waals surface area contributed by atoms with E-state index in [1.54, 1.807) is 29.9 Å². The van der Waals surface area contributed by atoms with Crippen molar-refractivity contribution in [1.29, 1.82) is 0 Å². The summed E-state index contributed by atoms with van der Waals surface area (Å²) in [6.45, 7) is 2.41. The summed E-state index contributed by atoms with van der Waals surface area (Å²) in [6, 6.07) is 15.0. The van der Waals surface area contributed by atoms with Gasteiger partial charge in [0.2, 0.25) is 0 Å². The first kappa shape index (κ1) is 25.3. The minimum atomic E-state index is -1.03. The molecule has 39 heavy (non-hydrogen) atoms. The lowest BCUT2D eigenvalue weighted by Gasteiger charge is -2.29. The molecule has 9 heteroatoms. The highest BCUT2D eigenvalue weighted by molar-refractivity contribution is 7.13. The van der Waals surface area contributed by atoms with Crippen LogP contribution in [0.25, 0.3) is 11.3 Å². The molecular formula is C30H28FN5O2S. The van der Waals surface area contributed by atoms with Crippen LogP contribution in [-0.4, -0.2) is 51.7 Å². The fraction of sp³-hybridized carbons (Fsp3) is 0.267. The molecular weight excluding hydrogens is 513 g/mol. The van der Waals surface area contributed by atoms with Crippen LogP contribution in [0.2, 0.25) is 0 Å². The van der Waals surface area contributed by atoms with Gasteiger partial charge >= 0.3 is 0 Å². The molecule has 0 radical (unpaired) electrons. The van der Waals surface area contributed by atoms with Gasteiger partial charge in [-0.2, -0.15) is 0 Å². The number of aromatic nitrogens is 2. The smallest absolute Gasteiger partial charge is 0.255 e. The quantitative estimate of drug-likeness (QED) is 0.349. The second-order valence-corrected chi connectivity index (χ2v) is 11.0. The van der Waals surface area contributed by atoms with E-state index in [0.29, 0.717) is 27.9 Å². The summed E-state index contributed by atoms with van der Waals surface area (Å²) in [6.07, 6.45) is 5.59. The van der Waals surface area contributed by atoms with Gasteiger partial charge in [0.15, 0.2) is 5.13 Å². The highest BCUT2D eigenvalue weighted by atomic mass is 32.1. The van der Waals surface area contributed by atoms with Crippen LogP contribution in [0.1, 0.15) is 51.8 Å². The van der Waals surface area contributed by atoms with Gasteiger partial charge in [-0.3, -0.25) is 19.9 Å². The highest BCUT2D eigenvalue weighted by Crippen LogP contribution is 2.35. The number of halogens is 1. The molecule has 1 fully saturated rings. The SMILES string of the molecule is CN1CCC(c2ccc(-c3cc4c(cn3)CN(C(C(=O)Nc3nccs3)c3cccc(F)c3)C4=O)cc2)CC1. The summed E-state index contributed by atoms with van der Waals surface area (Å²) >= 11 is 1.27. The molecule has 7 nitrogen and oxygen atoms in total. The van der Waals surface area contributed by atoms with Gasteiger partial charge in [0.25, 0.3) is 11.8 Å². The first-order chi connectivity index (χ1) is 19.0. The molecule has 1 unspecified atom stereocenters. The molecule has 2 aromatic heterocycles. The molecule has 198 valence electrons. The predicted octanol–water partition coefficient (Wildman–Crippen LogP) is 5.49. The summed E-state index contributed by atoms with van der Waals surface area (Å²) in [4.78, 5) is 39.7. The average molecular weight is 542 g/mol. The van der Waals surface area contributed by atoms with E-state index in [2.05, 4.69) is 51.5 Å². The maximum absolute atomic E-state index is 14.2. The molecule has 0 spiro atoms. The molecule has 0 bridgehead atoms. The van der Waals surface area contributed by atoms with Crippen molar-refractivity contribution in [3.05, 3.63) is 100 Å². The lowest BCUT2D eigenvalue weighted by atomic mass is 9.89. The van der Waals surface area contributed by atoms with Crippen molar-refractivity contribution >= 4 is 28.3 Å². The van der Waals surface area contributed by atoms with Crippen LogP contribution in [0, 0.1) is 5.82 Å². The number of piperidine rings is 1. The zero-order chi connectivity index (χ0) is 26.9. The number of anilines is 1. The number of pyridine rings is 1. The van der Waals surface area contributed by atoms with E-state index in [4.69, 9.17) is 0 Å². The van der Waals surface area contributed by atoms with Gasteiger partial charge in [-0.15, -0.1) is 11.3 Å². The van der Waals surface area contributed by atoms with Crippen LogP contribution in [0.5, 0.6) is 0 Å². The van der Waals surface area contributed by atoms with Gasteiger partial charge < -0.3 is 9.80 Å². The van der Waals surface area contributed by atoms with Crippen LogP contribution in [-0.2, 0) is 11.3 Å². The Morgan fingerprint density at radius 1 is 1.10 bits per heavy atom. The molecule has 2 aliphatic rings. The minimum absolute atomic E-state index is 0.197. The van der Waals surface area contributed by atoms with Crippen molar-refractivity contribution < 1.29 is 14.0 Å². The minimum Gasteiger partial charge on any atom is -0.318 e. The summed E-state index contributed by atoms with van der Waals surface area (Å²) in [7, 11) is 2.16. The fourth-order valence-electron chi connectivity index (χ4n) is 5.46. The lowest BCUT2D eigenvalue weighted by molar-refractivity contribution is -0.120. The number of likely N-dealkylation sites (tertiary alicyclic amines) is 1. The number of rotatable bonds is 6. The summed E-state index contributed by atoms with van der Waals surface area (Å²) < 4.78 is 14.2. The second kappa shape index (κ2) is 10.7. The van der Waals surface area contributed by atoms with Gasteiger partial charge in [0.1, 0.15) is 11.9 Å². The molecule has 2 aromatic carbocycles. The van der Waals surface area contributed by atoms with Crippen LogP contribution >= 0.6 is 11.3 Å². The van der Waals surface area contributed by atoms with Gasteiger partial charge in [-0.05, 0) is 68.2 Å². The van der Waals surface area contributed by atoms with Crippen molar-refractivity contribution in [1.82, 2.24) is 19.8 Å². The number of nitrogens with one attached hydrogen (secondary N) is 1. The fourth-order valence-corrected chi connectivity index (χ4v) is 5.99. The number of nitrogens with zero attached hydrogens (tertiary/aromatic N) is 4. The Morgan fingerprint density at radius 3 is 2.62 bits per heavy atom. The third-order valence-electron chi connectivity index (χ3n) is 7.60. The Hall–Kier alpha value is -3.95. The number of thiazole rings is 1. The molecule has 0 aliphatic carbocycles. The van der Waals surface area contributed by atoms with Gasteiger partial charge in [0.05, 0.1) is 5.69 Å². The first-order valence-electron chi connectivity index (χ1n) is 13.0. The number of benzene rings is 2. The second-order valence-electron chi connectivity index (χ2n) is 10.1. The Bertz CT molecular complexity index is 1500. The molecule has 4 aromatic rings. The van der Waals surface area contributed by atoms with E-state index < -0.39 is 17.8 Å². The normalized spacial score (nSPS) is 16.8. The number of hydrogen-bond acceptors (Lipinski definition) is 6. The maximum Gasteiger partial charge on any atom is 0.255 e. The Balaban J connectivity index is 1.26. The number of hydrogen-bond donors (Lipinski definition) is 1. The third-order valence-corrected chi connectivity index (χ3v) is 8.29. The van der Waals surface area contributed by atoms with Crippen molar-refractivity contribution in [2.24, 2.45) is 0 Å². The van der Waals surface area contributed by atoms with E-state index in [1.807, 2.05) is 0 Å². The van der Waals surface area contributed by atoms with E-state index >= 15 is 0 Å². The average Bonchev–Trinajstić information content (AvgIpc) is 3.57. The largest absolute Gasteiger partial charge is 0.318 e. The van der Waals surface area contributed by atoms with Crippen molar-refractivity contribution in [2.75, 3.05) is 25.5 Å². The Labute approximate surface area is 230 Å².